The summed E-state index contributed by atoms with van der Waals surface area (Å²) < 4.78 is 0. The SMILES string of the molecule is CN1CCC[C@H]1CCN[C@H]1CCc2ccccc2C1. The smallest absolute Gasteiger partial charge is 0.0111 e. The molecule has 0 saturated carbocycles. The molecule has 1 N–H and O–H groups in total. The first kappa shape index (κ1) is 13.1. The molecule has 0 radical (unpaired) electrons. The summed E-state index contributed by atoms with van der Waals surface area (Å²) >= 11 is 0. The lowest BCUT2D eigenvalue weighted by Gasteiger charge is -2.27. The van der Waals surface area contributed by atoms with E-state index in [4.69, 9.17) is 0 Å². The maximum atomic E-state index is 3.78. The van der Waals surface area contributed by atoms with Crippen LogP contribution in [0.5, 0.6) is 0 Å². The fraction of sp³-hybridized carbons (Fsp3) is 0.647. The predicted octanol–water partition coefficient (Wildman–Crippen LogP) is 2.62. The molecule has 0 unspecified atom stereocenters. The molecule has 3 rings (SSSR count). The fourth-order valence-corrected chi connectivity index (χ4v) is 3.67. The zero-order valence-electron chi connectivity index (χ0n) is 12.1. The first-order valence-electron chi connectivity index (χ1n) is 7.83. The van der Waals surface area contributed by atoms with Gasteiger partial charge in [-0.2, -0.15) is 0 Å². The van der Waals surface area contributed by atoms with E-state index in [1.807, 2.05) is 0 Å². The Morgan fingerprint density at radius 3 is 2.84 bits per heavy atom. The van der Waals surface area contributed by atoms with Crippen LogP contribution >= 0.6 is 0 Å². The van der Waals surface area contributed by atoms with Gasteiger partial charge in [-0.15, -0.1) is 0 Å². The minimum atomic E-state index is 0.696. The quantitative estimate of drug-likeness (QED) is 0.893. The summed E-state index contributed by atoms with van der Waals surface area (Å²) in [6.07, 6.45) is 7.86. The van der Waals surface area contributed by atoms with Crippen LogP contribution in [0.4, 0.5) is 0 Å². The molecule has 1 heterocycles. The Labute approximate surface area is 117 Å². The van der Waals surface area contributed by atoms with Gasteiger partial charge in [0, 0.05) is 12.1 Å². The van der Waals surface area contributed by atoms with Crippen LogP contribution in [0.3, 0.4) is 0 Å². The number of hydrogen-bond donors (Lipinski definition) is 1. The summed E-state index contributed by atoms with van der Waals surface area (Å²) in [5, 5.41) is 3.78. The average Bonchev–Trinajstić information content (AvgIpc) is 2.84. The second-order valence-electron chi connectivity index (χ2n) is 6.23. The average molecular weight is 258 g/mol. The van der Waals surface area contributed by atoms with Crippen molar-refractivity contribution >= 4 is 0 Å². The van der Waals surface area contributed by atoms with Crippen molar-refractivity contribution < 1.29 is 0 Å². The van der Waals surface area contributed by atoms with Gasteiger partial charge in [-0.05, 0) is 69.8 Å². The number of rotatable bonds is 4. The van der Waals surface area contributed by atoms with E-state index < -0.39 is 0 Å². The van der Waals surface area contributed by atoms with Crippen LogP contribution in [0, 0.1) is 0 Å². The van der Waals surface area contributed by atoms with Gasteiger partial charge in [-0.25, -0.2) is 0 Å². The highest BCUT2D eigenvalue weighted by molar-refractivity contribution is 5.30. The lowest BCUT2D eigenvalue weighted by Crippen LogP contribution is -2.37. The Kier molecular flexibility index (Phi) is 4.19. The third kappa shape index (κ3) is 3.18. The molecule has 1 aromatic carbocycles. The van der Waals surface area contributed by atoms with E-state index in [1.54, 1.807) is 11.1 Å². The maximum Gasteiger partial charge on any atom is 0.0111 e. The molecule has 0 aromatic heterocycles. The van der Waals surface area contributed by atoms with Crippen molar-refractivity contribution in [3.63, 3.8) is 0 Å². The van der Waals surface area contributed by atoms with Crippen LogP contribution in [0.15, 0.2) is 24.3 Å². The monoisotopic (exact) mass is 258 g/mol. The van der Waals surface area contributed by atoms with Crippen molar-refractivity contribution in [1.82, 2.24) is 10.2 Å². The number of fused-ring (bicyclic) bond motifs is 1. The molecule has 1 saturated heterocycles. The highest BCUT2D eigenvalue weighted by atomic mass is 15.1. The van der Waals surface area contributed by atoms with Crippen LogP contribution in [-0.4, -0.2) is 37.1 Å². The number of nitrogens with zero attached hydrogens (tertiary/aromatic N) is 1. The maximum absolute atomic E-state index is 3.78. The molecular weight excluding hydrogens is 232 g/mol. The van der Waals surface area contributed by atoms with E-state index >= 15 is 0 Å². The Bertz CT molecular complexity index is 415. The van der Waals surface area contributed by atoms with Crippen molar-refractivity contribution in [1.29, 1.82) is 0 Å². The molecule has 1 aromatic rings. The Hall–Kier alpha value is -0.860. The normalized spacial score (nSPS) is 27.4. The lowest BCUT2D eigenvalue weighted by molar-refractivity contribution is 0.288. The number of likely N-dealkylation sites (tertiary alicyclic amines) is 1. The molecule has 2 heteroatoms. The molecule has 2 nitrogen and oxygen atoms in total. The molecule has 2 atom stereocenters. The number of aryl methyl sites for hydroxylation is 1. The van der Waals surface area contributed by atoms with Crippen molar-refractivity contribution in [2.75, 3.05) is 20.1 Å². The van der Waals surface area contributed by atoms with Gasteiger partial charge >= 0.3 is 0 Å². The van der Waals surface area contributed by atoms with E-state index in [-0.39, 0.29) is 0 Å². The van der Waals surface area contributed by atoms with Crippen molar-refractivity contribution in [2.45, 2.75) is 50.6 Å². The zero-order chi connectivity index (χ0) is 13.1. The molecule has 1 fully saturated rings. The van der Waals surface area contributed by atoms with E-state index in [0.717, 1.165) is 6.04 Å². The van der Waals surface area contributed by atoms with Crippen LogP contribution in [0.2, 0.25) is 0 Å². The Morgan fingerprint density at radius 2 is 2.05 bits per heavy atom. The van der Waals surface area contributed by atoms with Gasteiger partial charge < -0.3 is 10.2 Å². The standard InChI is InChI=1S/C17H26N2/c1-19-12-4-7-17(19)10-11-18-16-9-8-14-5-2-3-6-15(14)13-16/h2-3,5-6,16-18H,4,7-13H2,1H3/t16-,17-/m0/s1. The minimum absolute atomic E-state index is 0.696. The van der Waals surface area contributed by atoms with E-state index in [2.05, 4.69) is 41.5 Å². The summed E-state index contributed by atoms with van der Waals surface area (Å²) in [4.78, 5) is 2.53. The molecule has 1 aliphatic carbocycles. The van der Waals surface area contributed by atoms with Gasteiger partial charge in [0.05, 0.1) is 0 Å². The number of nitrogens with one attached hydrogen (secondary N) is 1. The summed E-state index contributed by atoms with van der Waals surface area (Å²) in [6, 6.07) is 10.5. The highest BCUT2D eigenvalue weighted by Crippen LogP contribution is 2.21. The molecule has 1 aliphatic heterocycles. The van der Waals surface area contributed by atoms with Crippen molar-refractivity contribution in [2.24, 2.45) is 0 Å². The topological polar surface area (TPSA) is 15.3 Å². The van der Waals surface area contributed by atoms with Crippen LogP contribution in [0.25, 0.3) is 0 Å². The van der Waals surface area contributed by atoms with Gasteiger partial charge in [0.25, 0.3) is 0 Å². The lowest BCUT2D eigenvalue weighted by atomic mass is 9.88. The van der Waals surface area contributed by atoms with Gasteiger partial charge in [-0.3, -0.25) is 0 Å². The number of benzene rings is 1. The fourth-order valence-electron chi connectivity index (χ4n) is 3.67. The molecule has 2 aliphatic rings. The summed E-state index contributed by atoms with van der Waals surface area (Å²) in [6.45, 7) is 2.48. The molecule has 104 valence electrons. The first-order chi connectivity index (χ1) is 9.33. The Balaban J connectivity index is 1.45. The van der Waals surface area contributed by atoms with Gasteiger partial charge in [-0.1, -0.05) is 24.3 Å². The van der Waals surface area contributed by atoms with Gasteiger partial charge in [0.2, 0.25) is 0 Å². The summed E-state index contributed by atoms with van der Waals surface area (Å²) in [5.41, 5.74) is 3.13. The van der Waals surface area contributed by atoms with Crippen molar-refractivity contribution in [3.8, 4) is 0 Å². The molecule has 19 heavy (non-hydrogen) atoms. The van der Waals surface area contributed by atoms with Crippen molar-refractivity contribution in [3.05, 3.63) is 35.4 Å². The predicted molar refractivity (Wildman–Crippen MR) is 80.5 cm³/mol. The van der Waals surface area contributed by atoms with E-state index in [9.17, 15) is 0 Å². The summed E-state index contributed by atoms with van der Waals surface area (Å²) in [7, 11) is 2.27. The van der Waals surface area contributed by atoms with E-state index in [1.165, 1.54) is 51.6 Å². The molecule has 0 spiro atoms. The first-order valence-corrected chi connectivity index (χ1v) is 7.83. The van der Waals surface area contributed by atoms with Crippen LogP contribution in [0.1, 0.15) is 36.8 Å². The molecule has 0 amide bonds. The second kappa shape index (κ2) is 6.06. The van der Waals surface area contributed by atoms with Gasteiger partial charge in [0.15, 0.2) is 0 Å². The Morgan fingerprint density at radius 1 is 1.21 bits per heavy atom. The molecule has 0 bridgehead atoms. The van der Waals surface area contributed by atoms with Crippen LogP contribution in [-0.2, 0) is 12.8 Å². The third-order valence-corrected chi connectivity index (χ3v) is 4.93. The minimum Gasteiger partial charge on any atom is -0.314 e. The number of hydrogen-bond acceptors (Lipinski definition) is 2. The largest absolute Gasteiger partial charge is 0.314 e. The zero-order valence-corrected chi connectivity index (χ0v) is 12.1. The highest BCUT2D eigenvalue weighted by Gasteiger charge is 2.21. The van der Waals surface area contributed by atoms with E-state index in [0.29, 0.717) is 6.04 Å². The molecular formula is C17H26N2. The second-order valence-corrected chi connectivity index (χ2v) is 6.23. The van der Waals surface area contributed by atoms with Crippen LogP contribution < -0.4 is 5.32 Å². The third-order valence-electron chi connectivity index (χ3n) is 4.93. The van der Waals surface area contributed by atoms with Gasteiger partial charge in [0.1, 0.15) is 0 Å². The summed E-state index contributed by atoms with van der Waals surface area (Å²) in [5.74, 6) is 0.